The number of aromatic nitrogens is 1. The third-order valence-corrected chi connectivity index (χ3v) is 10.8. The number of aromatic amines is 1. The molecule has 1 aromatic heterocycles. The summed E-state index contributed by atoms with van der Waals surface area (Å²) in [6.07, 6.45) is 2.50. The van der Waals surface area contributed by atoms with Crippen molar-refractivity contribution in [2.75, 3.05) is 0 Å². The van der Waals surface area contributed by atoms with Crippen molar-refractivity contribution in [1.82, 2.24) is 4.98 Å². The molecule has 1 aliphatic rings. The first kappa shape index (κ1) is 19.7. The number of allylic oxidation sites excluding steroid dienone is 1. The fraction of sp³-hybridized carbons (Fsp3) is 0.158. The second-order valence-electron chi connectivity index (χ2n) is 6.28. The molecule has 0 amide bonds. The molecule has 2 aromatic carbocycles. The topological polar surface area (TPSA) is 15.8 Å². The predicted molar refractivity (Wildman–Crippen MR) is 94.0 cm³/mol. The molecule has 5 heteroatoms. The molecular weight excluding hydrogens is 432 g/mol. The average Bonchev–Trinajstić information content (AvgIpc) is 3.09. The van der Waals surface area contributed by atoms with Gasteiger partial charge in [0, 0.05) is 0 Å². The number of hydrogen-bond acceptors (Lipinski definition) is 0. The van der Waals surface area contributed by atoms with E-state index in [4.69, 9.17) is 0 Å². The van der Waals surface area contributed by atoms with E-state index in [-0.39, 0.29) is 24.8 Å². The van der Waals surface area contributed by atoms with Crippen LogP contribution in [-0.4, -0.2) is 13.8 Å². The van der Waals surface area contributed by atoms with Gasteiger partial charge in [-0.05, 0) is 0 Å². The van der Waals surface area contributed by atoms with Crippen molar-refractivity contribution in [3.05, 3.63) is 70.9 Å². The van der Waals surface area contributed by atoms with Crippen molar-refractivity contribution in [2.24, 2.45) is 0 Å². The maximum atomic E-state index is 3.68. The Kier molecular flexibility index (Phi) is 6.73. The molecule has 1 heterocycles. The minimum absolute atomic E-state index is 0. The Bertz CT molecular complexity index is 839. The Labute approximate surface area is 168 Å². The molecule has 3 aromatic rings. The number of halogens is 2. The Morgan fingerprint density at radius 1 is 0.958 bits per heavy atom. The van der Waals surface area contributed by atoms with Crippen LogP contribution in [0.5, 0.6) is 0 Å². The summed E-state index contributed by atoms with van der Waals surface area (Å²) in [5, 5.41) is 3.13. The molecule has 0 bridgehead atoms. The fourth-order valence-corrected chi connectivity index (χ4v) is 11.1. The first-order chi connectivity index (χ1) is 10.7. The summed E-state index contributed by atoms with van der Waals surface area (Å²) in [6.45, 7) is 4.94. The number of fused-ring (bicyclic) bond motifs is 2. The molecule has 1 aliphatic carbocycles. The third kappa shape index (κ3) is 3.65. The summed E-state index contributed by atoms with van der Waals surface area (Å²) >= 11 is -0.711. The summed E-state index contributed by atoms with van der Waals surface area (Å²) in [4.78, 5) is 3.68. The van der Waals surface area contributed by atoms with E-state index in [1.807, 2.05) is 0 Å². The molecule has 0 fully saturated rings. The maximum absolute atomic E-state index is 3.68. The van der Waals surface area contributed by atoms with Gasteiger partial charge in [-0.15, -0.1) is 0 Å². The average molecular weight is 452 g/mol. The van der Waals surface area contributed by atoms with Crippen LogP contribution >= 0.6 is 0 Å². The van der Waals surface area contributed by atoms with Crippen LogP contribution in [0.3, 0.4) is 0 Å². The van der Waals surface area contributed by atoms with E-state index in [1.54, 1.807) is 10.8 Å². The van der Waals surface area contributed by atoms with Gasteiger partial charge in [0.05, 0.1) is 0 Å². The van der Waals surface area contributed by atoms with Gasteiger partial charge in [-0.3, -0.25) is 0 Å². The minimum atomic E-state index is -0.755. The molecule has 24 heavy (non-hydrogen) atoms. The molecule has 4 rings (SSSR count). The third-order valence-electron chi connectivity index (χ3n) is 4.46. The largest absolute Gasteiger partial charge is 1.00 e. The molecule has 1 nitrogen and oxygen atoms in total. The predicted octanol–water partition coefficient (Wildman–Crippen LogP) is -1.95. The van der Waals surface area contributed by atoms with E-state index in [0.717, 1.165) is 3.63 Å². The summed E-state index contributed by atoms with van der Waals surface area (Å²) < 4.78 is 2.26. The molecule has 1 unspecified atom stereocenters. The molecule has 0 saturated heterocycles. The van der Waals surface area contributed by atoms with Gasteiger partial charge in [-0.2, -0.15) is 0 Å². The van der Waals surface area contributed by atoms with E-state index in [9.17, 15) is 0 Å². The van der Waals surface area contributed by atoms with Crippen LogP contribution in [-0.2, 0) is 23.2 Å². The van der Waals surface area contributed by atoms with E-state index < -0.39 is 32.0 Å². The van der Waals surface area contributed by atoms with E-state index in [0.29, 0.717) is 0 Å². The van der Waals surface area contributed by atoms with Crippen LogP contribution in [0.15, 0.2) is 59.8 Å². The number of para-hydroxylation sites is 1. The smallest absolute Gasteiger partial charge is 1.00 e. The van der Waals surface area contributed by atoms with Crippen molar-refractivity contribution in [1.29, 1.82) is 0 Å². The molecule has 0 saturated carbocycles. The number of H-pyrrole nitrogens is 1. The van der Waals surface area contributed by atoms with Gasteiger partial charge >= 0.3 is 145 Å². The van der Waals surface area contributed by atoms with Gasteiger partial charge in [-0.1, -0.05) is 0 Å². The Balaban J connectivity index is 0.00000104. The van der Waals surface area contributed by atoms with Crippen LogP contribution < -0.4 is 28.2 Å². The zero-order valence-electron chi connectivity index (χ0n) is 13.7. The van der Waals surface area contributed by atoms with Gasteiger partial charge in [0.25, 0.3) is 0 Å². The van der Waals surface area contributed by atoms with E-state index in [2.05, 4.69) is 78.8 Å². The van der Waals surface area contributed by atoms with Crippen molar-refractivity contribution >= 4 is 29.2 Å². The van der Waals surface area contributed by atoms with Crippen LogP contribution in [0.25, 0.3) is 17.0 Å². The Morgan fingerprint density at radius 2 is 1.67 bits per heavy atom. The van der Waals surface area contributed by atoms with Crippen molar-refractivity contribution in [2.45, 2.75) is 16.7 Å². The summed E-state index contributed by atoms with van der Waals surface area (Å²) in [6, 6.07) is 20.1. The van der Waals surface area contributed by atoms with Gasteiger partial charge in [0.2, 0.25) is 0 Å². The van der Waals surface area contributed by atoms with Gasteiger partial charge in [0.1, 0.15) is 0 Å². The van der Waals surface area contributed by atoms with E-state index >= 15 is 0 Å². The van der Waals surface area contributed by atoms with Crippen molar-refractivity contribution in [3.8, 4) is 0 Å². The fourth-order valence-electron chi connectivity index (χ4n) is 3.32. The maximum Gasteiger partial charge on any atom is -1.00 e. The summed E-state index contributed by atoms with van der Waals surface area (Å²) in [5.41, 5.74) is 4.35. The number of rotatable bonds is 3. The van der Waals surface area contributed by atoms with Crippen LogP contribution in [0, 0.1) is 0 Å². The zero-order valence-corrected chi connectivity index (χ0v) is 18.8. The van der Waals surface area contributed by atoms with Gasteiger partial charge < -0.3 is 24.8 Å². The number of benzene rings is 2. The van der Waals surface area contributed by atoms with Crippen molar-refractivity contribution in [3.63, 3.8) is 0 Å². The van der Waals surface area contributed by atoms with Gasteiger partial charge in [0.15, 0.2) is 0 Å². The Morgan fingerprint density at radius 3 is 2.42 bits per heavy atom. The molecule has 0 aliphatic heterocycles. The van der Waals surface area contributed by atoms with Crippen LogP contribution in [0.1, 0.15) is 14.8 Å². The van der Waals surface area contributed by atoms with Crippen LogP contribution in [0.4, 0.5) is 0 Å². The second kappa shape index (κ2) is 8.19. The molecule has 1 N–H and O–H groups in total. The molecule has 0 radical (unpaired) electrons. The monoisotopic (exact) mass is 449 g/mol. The molecular formula is C19H19Cl2NSiZr. The number of nitrogens with one attached hydrogen (secondary N) is 1. The second-order valence-corrected chi connectivity index (χ2v) is 12.7. The normalized spacial score (nSPS) is 15.3. The van der Waals surface area contributed by atoms with Crippen LogP contribution in [0.2, 0.25) is 13.1 Å². The Hall–Kier alpha value is -0.600. The molecule has 1 atom stereocenters. The zero-order chi connectivity index (χ0) is 15.1. The van der Waals surface area contributed by atoms with Gasteiger partial charge in [-0.25, -0.2) is 0 Å². The number of hydrogen-bond donors (Lipinski definition) is 1. The minimum Gasteiger partial charge on any atom is -1.00 e. The molecule has 0 spiro atoms. The summed E-state index contributed by atoms with van der Waals surface area (Å²) in [7, 11) is -0.755. The SMILES string of the molecule is C[SiH](C)C1=Cc2ccccc2[CH]1[Zr+2][c]1cc2ccccc2[nH]1.[Cl-].[Cl-]. The first-order valence-electron chi connectivity index (χ1n) is 7.87. The standard InChI is InChI=1S/C11H13Si.C8H6N.2ClH.Zr/c1-12(2)11-7-9-5-3-4-6-10(9)8-11;1-2-4-8-7(3-1)5-6-9-8;;;/h3-8,12H,1-2H3;1-5,9H;2*1H;/q;;;;+2/p-2. The first-order valence-corrected chi connectivity index (χ1v) is 13.4. The molecule has 122 valence electrons. The quantitative estimate of drug-likeness (QED) is 0.446. The van der Waals surface area contributed by atoms with E-state index in [1.165, 1.54) is 19.9 Å². The van der Waals surface area contributed by atoms with Crippen molar-refractivity contribution < 1.29 is 48.0 Å². The summed E-state index contributed by atoms with van der Waals surface area (Å²) in [5.74, 6) is 0.